The Morgan fingerprint density at radius 3 is 2.33 bits per heavy atom. The van der Waals surface area contributed by atoms with Gasteiger partial charge < -0.3 is 10.1 Å². The van der Waals surface area contributed by atoms with Crippen molar-refractivity contribution in [2.24, 2.45) is 0 Å². The maximum absolute atomic E-state index is 13.4. The van der Waals surface area contributed by atoms with Crippen molar-refractivity contribution in [3.63, 3.8) is 0 Å². The first-order valence-electron chi connectivity index (χ1n) is 9.69. The second-order valence-corrected chi connectivity index (χ2v) is 8.14. The molecule has 2 aromatic carbocycles. The van der Waals surface area contributed by atoms with Crippen molar-refractivity contribution >= 4 is 23.4 Å². The molecule has 0 bridgehead atoms. The number of nitrogens with zero attached hydrogens (tertiary/aromatic N) is 4. The van der Waals surface area contributed by atoms with E-state index in [1.165, 1.54) is 24.3 Å². The number of rotatable bonds is 8. The molecule has 1 atom stereocenters. The van der Waals surface area contributed by atoms with Gasteiger partial charge in [0.25, 0.3) is 0 Å². The molecule has 0 unspecified atom stereocenters. The quantitative estimate of drug-likeness (QED) is 0.371. The number of anilines is 1. The molecule has 7 nitrogen and oxygen atoms in total. The van der Waals surface area contributed by atoms with Crippen LogP contribution in [0.1, 0.15) is 18.8 Å². The van der Waals surface area contributed by atoms with Crippen molar-refractivity contribution in [1.82, 2.24) is 19.7 Å². The molecule has 0 saturated heterocycles. The van der Waals surface area contributed by atoms with Gasteiger partial charge in [0.15, 0.2) is 11.0 Å². The number of amides is 1. The maximum atomic E-state index is 13.4. The molecule has 0 radical (unpaired) electrons. The zero-order chi connectivity index (χ0) is 24.2. The highest BCUT2D eigenvalue weighted by Gasteiger charge is 2.31. The second-order valence-electron chi connectivity index (χ2n) is 7.20. The van der Waals surface area contributed by atoms with Crippen LogP contribution in [0.2, 0.25) is 0 Å². The monoisotopic (exact) mass is 483 g/mol. The van der Waals surface area contributed by atoms with E-state index in [0.717, 1.165) is 23.9 Å². The molecule has 12 heteroatoms. The minimum atomic E-state index is -4.79. The summed E-state index contributed by atoms with van der Waals surface area (Å²) in [7, 11) is 3.78. The molecule has 1 heterocycles. The summed E-state index contributed by atoms with van der Waals surface area (Å²) >= 11 is 1.13. The fourth-order valence-corrected chi connectivity index (χ4v) is 3.54. The van der Waals surface area contributed by atoms with Crippen LogP contribution in [0.15, 0.2) is 53.7 Å². The van der Waals surface area contributed by atoms with Crippen LogP contribution in [0, 0.1) is 5.82 Å². The Bertz CT molecular complexity index is 1090. The summed E-state index contributed by atoms with van der Waals surface area (Å²) in [5.74, 6) is -0.564. The minimum absolute atomic E-state index is 0.0313. The van der Waals surface area contributed by atoms with Gasteiger partial charge in [0.1, 0.15) is 11.6 Å². The number of carbonyl (C=O) groups is 1. The van der Waals surface area contributed by atoms with Crippen LogP contribution in [0.5, 0.6) is 5.75 Å². The third kappa shape index (κ3) is 6.68. The van der Waals surface area contributed by atoms with Crippen LogP contribution in [0.25, 0.3) is 5.69 Å². The molecular weight excluding hydrogens is 462 g/mol. The number of halogens is 4. The smallest absolute Gasteiger partial charge is 0.406 e. The predicted molar refractivity (Wildman–Crippen MR) is 116 cm³/mol. The summed E-state index contributed by atoms with van der Waals surface area (Å²) in [4.78, 5) is 14.3. The van der Waals surface area contributed by atoms with E-state index < -0.39 is 6.36 Å². The van der Waals surface area contributed by atoms with Gasteiger partial charge >= 0.3 is 6.36 Å². The van der Waals surface area contributed by atoms with Crippen LogP contribution < -0.4 is 10.1 Å². The number of nitrogens with one attached hydrogen (secondary N) is 1. The summed E-state index contributed by atoms with van der Waals surface area (Å²) in [6.07, 6.45) is -4.79. The van der Waals surface area contributed by atoms with Gasteiger partial charge in [-0.2, -0.15) is 0 Å². The number of carbonyl (C=O) groups excluding carboxylic acids is 1. The van der Waals surface area contributed by atoms with Crippen molar-refractivity contribution in [3.05, 3.63) is 60.2 Å². The number of hydrogen-bond acceptors (Lipinski definition) is 6. The third-order valence-electron chi connectivity index (χ3n) is 4.60. The van der Waals surface area contributed by atoms with E-state index >= 15 is 0 Å². The molecule has 3 aromatic rings. The fraction of sp³-hybridized carbons (Fsp3) is 0.286. The SMILES string of the molecule is C[C@H](c1nnc(SCC(=O)Nc2ccc(OC(F)(F)F)cc2)n1-c1ccc(F)cc1)N(C)C. The van der Waals surface area contributed by atoms with Crippen LogP contribution in [-0.2, 0) is 4.79 Å². The van der Waals surface area contributed by atoms with Gasteiger partial charge in [-0.25, -0.2) is 4.39 Å². The van der Waals surface area contributed by atoms with Gasteiger partial charge in [-0.05, 0) is 69.6 Å². The average molecular weight is 483 g/mol. The van der Waals surface area contributed by atoms with Gasteiger partial charge in [0.2, 0.25) is 5.91 Å². The Labute approximate surface area is 191 Å². The normalized spacial score (nSPS) is 12.6. The molecule has 0 saturated carbocycles. The van der Waals surface area contributed by atoms with Crippen molar-refractivity contribution in [1.29, 1.82) is 0 Å². The zero-order valence-electron chi connectivity index (χ0n) is 17.9. The van der Waals surface area contributed by atoms with Crippen molar-refractivity contribution in [2.45, 2.75) is 24.5 Å². The lowest BCUT2D eigenvalue weighted by Crippen LogP contribution is -2.21. The number of ether oxygens (including phenoxy) is 1. The van der Waals surface area contributed by atoms with Gasteiger partial charge in [-0.15, -0.1) is 23.4 Å². The standard InChI is InChI=1S/C21H21F4N5O2S/c1-13(29(2)3)19-27-28-20(30(19)16-8-4-14(22)5-9-16)33-12-18(31)26-15-6-10-17(11-7-15)32-21(23,24)25/h4-11,13H,12H2,1-3H3,(H,26,31)/t13-/m1/s1. The molecule has 0 aliphatic heterocycles. The zero-order valence-corrected chi connectivity index (χ0v) is 18.7. The largest absolute Gasteiger partial charge is 0.573 e. The maximum Gasteiger partial charge on any atom is 0.573 e. The average Bonchev–Trinajstić information content (AvgIpc) is 3.16. The van der Waals surface area contributed by atoms with Crippen LogP contribution in [0.3, 0.4) is 0 Å². The molecule has 176 valence electrons. The molecule has 1 amide bonds. The molecule has 0 aliphatic rings. The lowest BCUT2D eigenvalue weighted by molar-refractivity contribution is -0.274. The number of hydrogen-bond donors (Lipinski definition) is 1. The summed E-state index contributed by atoms with van der Waals surface area (Å²) in [5, 5.41) is 11.5. The molecule has 0 spiro atoms. The van der Waals surface area contributed by atoms with E-state index in [-0.39, 0.29) is 29.3 Å². The van der Waals surface area contributed by atoms with Crippen molar-refractivity contribution in [3.8, 4) is 11.4 Å². The second kappa shape index (κ2) is 10.2. The third-order valence-corrected chi connectivity index (χ3v) is 5.52. The lowest BCUT2D eigenvalue weighted by atomic mass is 10.2. The fourth-order valence-electron chi connectivity index (χ4n) is 2.78. The summed E-state index contributed by atoms with van der Waals surface area (Å²) < 4.78 is 55.7. The number of benzene rings is 2. The van der Waals surface area contributed by atoms with Crippen LogP contribution >= 0.6 is 11.8 Å². The number of thioether (sulfide) groups is 1. The molecule has 0 aliphatic carbocycles. The first-order chi connectivity index (χ1) is 15.5. The van der Waals surface area contributed by atoms with E-state index in [1.54, 1.807) is 16.7 Å². The minimum Gasteiger partial charge on any atom is -0.406 e. The van der Waals surface area contributed by atoms with E-state index in [1.807, 2.05) is 25.9 Å². The van der Waals surface area contributed by atoms with E-state index in [0.29, 0.717) is 22.4 Å². The Morgan fingerprint density at radius 1 is 1.12 bits per heavy atom. The van der Waals surface area contributed by atoms with Gasteiger partial charge in [0, 0.05) is 11.4 Å². The van der Waals surface area contributed by atoms with Gasteiger partial charge in [-0.1, -0.05) is 11.8 Å². The Morgan fingerprint density at radius 2 is 1.76 bits per heavy atom. The summed E-state index contributed by atoms with van der Waals surface area (Å²) in [5.41, 5.74) is 0.963. The van der Waals surface area contributed by atoms with Crippen molar-refractivity contribution < 1.29 is 27.1 Å². The van der Waals surface area contributed by atoms with Gasteiger partial charge in [-0.3, -0.25) is 14.3 Å². The molecule has 0 fully saturated rings. The molecule has 33 heavy (non-hydrogen) atoms. The van der Waals surface area contributed by atoms with Crippen LogP contribution in [0.4, 0.5) is 23.2 Å². The van der Waals surface area contributed by atoms with Gasteiger partial charge in [0.05, 0.1) is 11.8 Å². The first-order valence-corrected chi connectivity index (χ1v) is 10.7. The number of alkyl halides is 3. The van der Waals surface area contributed by atoms with Crippen molar-refractivity contribution in [2.75, 3.05) is 25.2 Å². The summed E-state index contributed by atoms with van der Waals surface area (Å²) in [6, 6.07) is 10.6. The van der Waals surface area contributed by atoms with E-state index in [4.69, 9.17) is 0 Å². The Balaban J connectivity index is 1.71. The highest BCUT2D eigenvalue weighted by atomic mass is 32.2. The molecule has 1 aromatic heterocycles. The summed E-state index contributed by atoms with van der Waals surface area (Å²) in [6.45, 7) is 1.94. The highest BCUT2D eigenvalue weighted by Crippen LogP contribution is 2.28. The predicted octanol–water partition coefficient (Wildman–Crippen LogP) is 4.66. The Hall–Kier alpha value is -3.12. The van der Waals surface area contributed by atoms with E-state index in [2.05, 4.69) is 20.3 Å². The van der Waals surface area contributed by atoms with E-state index in [9.17, 15) is 22.4 Å². The number of aromatic nitrogens is 3. The lowest BCUT2D eigenvalue weighted by Gasteiger charge is -2.20. The topological polar surface area (TPSA) is 72.3 Å². The molecule has 1 N–H and O–H groups in total. The molecule has 3 rings (SSSR count). The Kier molecular flexibility index (Phi) is 7.59. The molecular formula is C21H21F4N5O2S. The first kappa shape index (κ1) is 24.5. The highest BCUT2D eigenvalue weighted by molar-refractivity contribution is 7.99. The van der Waals surface area contributed by atoms with Crippen LogP contribution in [-0.4, -0.2) is 51.8 Å².